The number of fused-ring (bicyclic) bond motifs is 1. The molecule has 0 bridgehead atoms. The van der Waals surface area contributed by atoms with Gasteiger partial charge >= 0.3 is 5.97 Å². The van der Waals surface area contributed by atoms with Crippen LogP contribution in [-0.4, -0.2) is 20.6 Å². The molecule has 0 saturated heterocycles. The highest BCUT2D eigenvalue weighted by atomic mass is 16.4. The SMILES string of the molecule is CC(C=Cc1ccc2ncn(Cc3ccc(C(=O)O)cc3)c(=O)c2c1)c1ccccc1. The minimum atomic E-state index is -0.974. The topological polar surface area (TPSA) is 72.2 Å². The van der Waals surface area contributed by atoms with Crippen molar-refractivity contribution >= 4 is 22.9 Å². The summed E-state index contributed by atoms with van der Waals surface area (Å²) in [6, 6.07) is 22.4. The highest BCUT2D eigenvalue weighted by Crippen LogP contribution is 2.19. The minimum Gasteiger partial charge on any atom is -0.478 e. The predicted octanol–water partition coefficient (Wildman–Crippen LogP) is 4.96. The van der Waals surface area contributed by atoms with Crippen LogP contribution in [0, 0.1) is 0 Å². The van der Waals surface area contributed by atoms with Crippen LogP contribution in [0.3, 0.4) is 0 Å². The molecule has 1 heterocycles. The minimum absolute atomic E-state index is 0.126. The number of carbonyl (C=O) groups is 1. The second-order valence-corrected chi connectivity index (χ2v) is 7.51. The molecular formula is C26H22N2O3. The van der Waals surface area contributed by atoms with Crippen molar-refractivity contribution in [3.05, 3.63) is 118 Å². The lowest BCUT2D eigenvalue weighted by Gasteiger charge is -2.08. The van der Waals surface area contributed by atoms with E-state index in [-0.39, 0.29) is 17.0 Å². The van der Waals surface area contributed by atoms with Crippen LogP contribution in [0.4, 0.5) is 0 Å². The molecule has 3 aromatic carbocycles. The molecule has 0 fully saturated rings. The molecule has 0 aliphatic carbocycles. The van der Waals surface area contributed by atoms with Crippen LogP contribution in [0.25, 0.3) is 17.0 Å². The van der Waals surface area contributed by atoms with E-state index in [1.165, 1.54) is 28.6 Å². The molecule has 0 aliphatic rings. The van der Waals surface area contributed by atoms with Crippen molar-refractivity contribution in [3.8, 4) is 0 Å². The van der Waals surface area contributed by atoms with Gasteiger partial charge in [0.15, 0.2) is 0 Å². The van der Waals surface area contributed by atoms with E-state index in [9.17, 15) is 9.59 Å². The van der Waals surface area contributed by atoms with Gasteiger partial charge in [-0.1, -0.05) is 67.6 Å². The van der Waals surface area contributed by atoms with Crippen molar-refractivity contribution in [2.24, 2.45) is 0 Å². The van der Waals surface area contributed by atoms with Gasteiger partial charge in [-0.05, 0) is 46.9 Å². The Bertz CT molecular complexity index is 1310. The molecule has 0 spiro atoms. The quantitative estimate of drug-likeness (QED) is 0.488. The maximum absolute atomic E-state index is 13.0. The van der Waals surface area contributed by atoms with Gasteiger partial charge in [0.2, 0.25) is 0 Å². The number of aromatic carboxylic acids is 1. The molecule has 154 valence electrons. The largest absolute Gasteiger partial charge is 0.478 e. The monoisotopic (exact) mass is 410 g/mol. The molecule has 1 N–H and O–H groups in total. The molecule has 0 saturated carbocycles. The van der Waals surface area contributed by atoms with E-state index in [4.69, 9.17) is 5.11 Å². The van der Waals surface area contributed by atoms with Gasteiger partial charge in [0.05, 0.1) is 29.3 Å². The molecule has 0 amide bonds. The Hall–Kier alpha value is -3.99. The van der Waals surface area contributed by atoms with Gasteiger partial charge < -0.3 is 5.11 Å². The number of benzene rings is 3. The first-order valence-electron chi connectivity index (χ1n) is 10.1. The Balaban J connectivity index is 1.60. The maximum Gasteiger partial charge on any atom is 0.335 e. The van der Waals surface area contributed by atoms with Crippen LogP contribution in [0.5, 0.6) is 0 Å². The van der Waals surface area contributed by atoms with E-state index in [1.807, 2.05) is 42.5 Å². The third-order valence-electron chi connectivity index (χ3n) is 5.30. The van der Waals surface area contributed by atoms with Crippen LogP contribution in [0.1, 0.15) is 39.9 Å². The summed E-state index contributed by atoms with van der Waals surface area (Å²) in [4.78, 5) is 28.4. The van der Waals surface area contributed by atoms with E-state index < -0.39 is 5.97 Å². The predicted molar refractivity (Wildman–Crippen MR) is 122 cm³/mol. The van der Waals surface area contributed by atoms with Crippen LogP contribution in [-0.2, 0) is 6.54 Å². The van der Waals surface area contributed by atoms with Gasteiger partial charge in [-0.15, -0.1) is 0 Å². The second kappa shape index (κ2) is 8.79. The number of carboxylic acid groups (broad SMARTS) is 1. The van der Waals surface area contributed by atoms with Gasteiger partial charge in [0, 0.05) is 0 Å². The molecule has 0 radical (unpaired) electrons. The van der Waals surface area contributed by atoms with Crippen molar-refractivity contribution in [1.29, 1.82) is 0 Å². The van der Waals surface area contributed by atoms with E-state index in [0.29, 0.717) is 17.4 Å². The Labute approximate surface area is 179 Å². The number of hydrogen-bond acceptors (Lipinski definition) is 3. The number of allylic oxidation sites excluding steroid dienone is 1. The van der Waals surface area contributed by atoms with Crippen molar-refractivity contribution < 1.29 is 9.90 Å². The van der Waals surface area contributed by atoms with Crippen LogP contribution in [0.15, 0.2) is 90.0 Å². The molecule has 0 aliphatic heterocycles. The van der Waals surface area contributed by atoms with Gasteiger partial charge in [-0.25, -0.2) is 9.78 Å². The standard InChI is InChI=1S/C26H22N2O3/c1-18(21-5-3-2-4-6-21)7-8-19-11-14-24-23(15-19)25(29)28(17-27-24)16-20-9-12-22(13-10-20)26(30)31/h2-15,17-18H,16H2,1H3,(H,30,31). The summed E-state index contributed by atoms with van der Waals surface area (Å²) in [6.45, 7) is 2.46. The smallest absolute Gasteiger partial charge is 0.335 e. The summed E-state index contributed by atoms with van der Waals surface area (Å²) in [7, 11) is 0. The third kappa shape index (κ3) is 4.61. The fourth-order valence-corrected chi connectivity index (χ4v) is 3.47. The van der Waals surface area contributed by atoms with Gasteiger partial charge in [0.1, 0.15) is 0 Å². The van der Waals surface area contributed by atoms with E-state index in [1.54, 1.807) is 12.1 Å². The van der Waals surface area contributed by atoms with Crippen molar-refractivity contribution in [1.82, 2.24) is 9.55 Å². The van der Waals surface area contributed by atoms with Crippen molar-refractivity contribution in [3.63, 3.8) is 0 Å². The number of nitrogens with zero attached hydrogens (tertiary/aromatic N) is 2. The Kier molecular flexibility index (Phi) is 5.76. The molecule has 1 unspecified atom stereocenters. The van der Waals surface area contributed by atoms with Crippen LogP contribution < -0.4 is 5.56 Å². The summed E-state index contributed by atoms with van der Waals surface area (Å²) in [5.41, 5.74) is 3.75. The average Bonchev–Trinajstić information content (AvgIpc) is 2.80. The molecule has 31 heavy (non-hydrogen) atoms. The van der Waals surface area contributed by atoms with E-state index in [2.05, 4.69) is 30.1 Å². The molecule has 1 atom stereocenters. The van der Waals surface area contributed by atoms with Crippen molar-refractivity contribution in [2.45, 2.75) is 19.4 Å². The fraction of sp³-hybridized carbons (Fsp3) is 0.115. The van der Waals surface area contributed by atoms with Crippen molar-refractivity contribution in [2.75, 3.05) is 0 Å². The van der Waals surface area contributed by atoms with Gasteiger partial charge in [-0.2, -0.15) is 0 Å². The van der Waals surface area contributed by atoms with Gasteiger partial charge in [0.25, 0.3) is 5.56 Å². The summed E-state index contributed by atoms with van der Waals surface area (Å²) in [5.74, 6) is -0.713. The second-order valence-electron chi connectivity index (χ2n) is 7.51. The third-order valence-corrected chi connectivity index (χ3v) is 5.30. The first-order valence-corrected chi connectivity index (χ1v) is 10.1. The molecule has 4 rings (SSSR count). The number of carboxylic acids is 1. The first-order chi connectivity index (χ1) is 15.0. The van der Waals surface area contributed by atoms with E-state index in [0.717, 1.165) is 11.1 Å². The first kappa shape index (κ1) is 20.3. The zero-order valence-corrected chi connectivity index (χ0v) is 17.1. The molecular weight excluding hydrogens is 388 g/mol. The van der Waals surface area contributed by atoms with Crippen LogP contribution >= 0.6 is 0 Å². The summed E-state index contributed by atoms with van der Waals surface area (Å²) in [5, 5.41) is 9.58. The zero-order chi connectivity index (χ0) is 21.8. The number of rotatable bonds is 6. The average molecular weight is 410 g/mol. The highest BCUT2D eigenvalue weighted by Gasteiger charge is 2.07. The lowest BCUT2D eigenvalue weighted by atomic mass is 10.00. The highest BCUT2D eigenvalue weighted by molar-refractivity contribution is 5.87. The van der Waals surface area contributed by atoms with Crippen LogP contribution in [0.2, 0.25) is 0 Å². The number of hydrogen-bond donors (Lipinski definition) is 1. The Morgan fingerprint density at radius 2 is 1.81 bits per heavy atom. The lowest BCUT2D eigenvalue weighted by Crippen LogP contribution is -2.21. The number of aromatic nitrogens is 2. The summed E-state index contributed by atoms with van der Waals surface area (Å²) in [6.07, 6.45) is 5.68. The van der Waals surface area contributed by atoms with E-state index >= 15 is 0 Å². The molecule has 4 aromatic rings. The van der Waals surface area contributed by atoms with Gasteiger partial charge in [-0.3, -0.25) is 9.36 Å². The molecule has 5 heteroatoms. The lowest BCUT2D eigenvalue weighted by molar-refractivity contribution is 0.0697. The Morgan fingerprint density at radius 1 is 1.06 bits per heavy atom. The Morgan fingerprint density at radius 3 is 2.52 bits per heavy atom. The molecule has 1 aromatic heterocycles. The normalized spacial score (nSPS) is 12.3. The maximum atomic E-state index is 13.0. The fourth-order valence-electron chi connectivity index (χ4n) is 3.47. The zero-order valence-electron chi connectivity index (χ0n) is 17.1. The summed E-state index contributed by atoms with van der Waals surface area (Å²) >= 11 is 0. The molecule has 5 nitrogen and oxygen atoms in total. The summed E-state index contributed by atoms with van der Waals surface area (Å²) < 4.78 is 1.54.